The summed E-state index contributed by atoms with van der Waals surface area (Å²) in [7, 11) is -3.75. The number of nitriles is 2. The van der Waals surface area contributed by atoms with E-state index < -0.39 is 15.8 Å². The van der Waals surface area contributed by atoms with Crippen LogP contribution in [0.5, 0.6) is 0 Å². The van der Waals surface area contributed by atoms with Gasteiger partial charge in [0.1, 0.15) is 23.1 Å². The van der Waals surface area contributed by atoms with Crippen molar-refractivity contribution >= 4 is 15.8 Å². The van der Waals surface area contributed by atoms with Gasteiger partial charge in [0.25, 0.3) is 0 Å². The zero-order valence-corrected chi connectivity index (χ0v) is 16.6. The molecule has 2 rings (SSSR count). The molecule has 0 radical (unpaired) electrons. The quantitative estimate of drug-likeness (QED) is 0.412. The Hall–Kier alpha value is -2.58. The molecule has 1 saturated heterocycles. The van der Waals surface area contributed by atoms with Crippen molar-refractivity contribution in [3.05, 3.63) is 34.4 Å². The second kappa shape index (κ2) is 7.58. The molecule has 0 spiro atoms. The number of carbonyl (C=O) groups excluding carboxylic acids is 1. The van der Waals surface area contributed by atoms with E-state index in [4.69, 9.17) is 4.74 Å². The Labute approximate surface area is 160 Å². The third kappa shape index (κ3) is 4.58. The Morgan fingerprint density at radius 3 is 2.56 bits per heavy atom. The molecular formula is C19H23N3O4S. The summed E-state index contributed by atoms with van der Waals surface area (Å²) < 4.78 is 29.4. The van der Waals surface area contributed by atoms with Gasteiger partial charge in [-0.1, -0.05) is 20.4 Å². The van der Waals surface area contributed by atoms with Crippen LogP contribution in [0.25, 0.3) is 0 Å². The predicted molar refractivity (Wildman–Crippen MR) is 99.4 cm³/mol. The van der Waals surface area contributed by atoms with Crippen LogP contribution in [0.2, 0.25) is 0 Å². The average molecular weight is 389 g/mol. The van der Waals surface area contributed by atoms with Crippen molar-refractivity contribution in [2.45, 2.75) is 39.2 Å². The molecule has 1 unspecified atom stereocenters. The van der Waals surface area contributed by atoms with Crippen LogP contribution >= 0.6 is 0 Å². The Morgan fingerprint density at radius 1 is 1.37 bits per heavy atom. The van der Waals surface area contributed by atoms with Crippen LogP contribution in [0.15, 0.2) is 34.4 Å². The molecule has 8 heteroatoms. The summed E-state index contributed by atoms with van der Waals surface area (Å²) in [6.45, 7) is 8.34. The molecule has 1 aliphatic heterocycles. The third-order valence-corrected chi connectivity index (χ3v) is 5.81. The van der Waals surface area contributed by atoms with Gasteiger partial charge in [0, 0.05) is 36.6 Å². The first-order chi connectivity index (χ1) is 12.5. The Morgan fingerprint density at radius 2 is 2.04 bits per heavy atom. The summed E-state index contributed by atoms with van der Waals surface area (Å²) in [5.41, 5.74) is 0.915. The SMILES string of the molecule is C=CC(=O)OC1CCN(C2=C(C#N)/C(=C(\C#N)S(C)(=O)=O)CC(C)(C)C2)C1. The van der Waals surface area contributed by atoms with Crippen molar-refractivity contribution in [3.63, 3.8) is 0 Å². The van der Waals surface area contributed by atoms with E-state index in [1.807, 2.05) is 18.7 Å². The number of likely N-dealkylation sites (tertiary alicyclic amines) is 1. The van der Waals surface area contributed by atoms with Crippen molar-refractivity contribution in [3.8, 4) is 12.1 Å². The summed E-state index contributed by atoms with van der Waals surface area (Å²) in [6.07, 6.45) is 3.29. The van der Waals surface area contributed by atoms with Gasteiger partial charge in [-0.3, -0.25) is 0 Å². The van der Waals surface area contributed by atoms with Crippen LogP contribution in [-0.4, -0.2) is 44.7 Å². The van der Waals surface area contributed by atoms with E-state index in [1.165, 1.54) is 0 Å². The van der Waals surface area contributed by atoms with E-state index in [0.717, 1.165) is 12.3 Å². The molecule has 0 aromatic carbocycles. The van der Waals surface area contributed by atoms with Crippen LogP contribution in [0.4, 0.5) is 0 Å². The number of sulfone groups is 1. The molecule has 0 bridgehead atoms. The van der Waals surface area contributed by atoms with E-state index >= 15 is 0 Å². The topological polar surface area (TPSA) is 111 Å². The van der Waals surface area contributed by atoms with Gasteiger partial charge in [0.15, 0.2) is 9.84 Å². The second-order valence-corrected chi connectivity index (χ2v) is 9.59. The number of esters is 1. The van der Waals surface area contributed by atoms with Gasteiger partial charge in [-0.05, 0) is 18.3 Å². The molecule has 7 nitrogen and oxygen atoms in total. The lowest BCUT2D eigenvalue weighted by Crippen LogP contribution is -2.32. The molecule has 2 aliphatic rings. The molecule has 1 fully saturated rings. The zero-order valence-electron chi connectivity index (χ0n) is 15.8. The molecule has 0 aromatic rings. The number of carbonyl (C=O) groups is 1. The van der Waals surface area contributed by atoms with E-state index in [-0.39, 0.29) is 27.6 Å². The average Bonchev–Trinajstić information content (AvgIpc) is 3.01. The van der Waals surface area contributed by atoms with E-state index in [1.54, 1.807) is 6.07 Å². The maximum absolute atomic E-state index is 12.1. The number of rotatable bonds is 4. The maximum atomic E-state index is 12.1. The van der Waals surface area contributed by atoms with E-state index in [0.29, 0.717) is 38.0 Å². The normalized spacial score (nSPS) is 24.0. The molecule has 0 aromatic heterocycles. The predicted octanol–water partition coefficient (Wildman–Crippen LogP) is 2.21. The molecule has 144 valence electrons. The lowest BCUT2D eigenvalue weighted by Gasteiger charge is -2.37. The van der Waals surface area contributed by atoms with Gasteiger partial charge in [-0.2, -0.15) is 10.5 Å². The number of hydrogen-bond acceptors (Lipinski definition) is 7. The molecule has 1 heterocycles. The standard InChI is InChI=1S/C19H23N3O4S/c1-5-18(23)26-13-6-7-22(12-13)16-9-19(2,3)8-14(15(16)10-20)17(11-21)27(4,24)25/h5,13H,1,6-9,12H2,2-4H3/b17-14+. The fraction of sp³-hybridized carbons (Fsp3) is 0.526. The van der Waals surface area contributed by atoms with Crippen molar-refractivity contribution in [1.82, 2.24) is 4.90 Å². The van der Waals surface area contributed by atoms with Crippen molar-refractivity contribution in [2.24, 2.45) is 5.41 Å². The summed E-state index contributed by atoms with van der Waals surface area (Å²) in [5.74, 6) is -0.496. The van der Waals surface area contributed by atoms with Gasteiger partial charge in [0.2, 0.25) is 0 Å². The molecule has 0 N–H and O–H groups in total. The van der Waals surface area contributed by atoms with Crippen LogP contribution in [0.3, 0.4) is 0 Å². The number of hydrogen-bond donors (Lipinski definition) is 0. The Bertz CT molecular complexity index is 914. The summed E-state index contributed by atoms with van der Waals surface area (Å²) >= 11 is 0. The minimum atomic E-state index is -3.75. The van der Waals surface area contributed by atoms with Crippen LogP contribution in [-0.2, 0) is 19.4 Å². The molecular weight excluding hydrogens is 366 g/mol. The Balaban J connectivity index is 2.52. The fourth-order valence-corrected chi connectivity index (χ4v) is 4.38. The van der Waals surface area contributed by atoms with Crippen LogP contribution < -0.4 is 0 Å². The van der Waals surface area contributed by atoms with Gasteiger partial charge in [-0.25, -0.2) is 13.2 Å². The summed E-state index contributed by atoms with van der Waals surface area (Å²) in [5, 5.41) is 19.2. The first kappa shape index (κ1) is 20.7. The number of allylic oxidation sites excluding steroid dienone is 4. The highest BCUT2D eigenvalue weighted by Gasteiger charge is 2.38. The zero-order chi connectivity index (χ0) is 20.4. The number of nitrogens with zero attached hydrogens (tertiary/aromatic N) is 3. The summed E-state index contributed by atoms with van der Waals surface area (Å²) in [4.78, 5) is 13.0. The minimum Gasteiger partial charge on any atom is -0.457 e. The second-order valence-electron chi connectivity index (χ2n) is 7.64. The van der Waals surface area contributed by atoms with E-state index in [9.17, 15) is 23.7 Å². The minimum absolute atomic E-state index is 0.243. The van der Waals surface area contributed by atoms with E-state index in [2.05, 4.69) is 12.6 Å². The molecule has 1 aliphatic carbocycles. The molecule has 0 amide bonds. The van der Waals surface area contributed by atoms with Crippen molar-refractivity contribution < 1.29 is 17.9 Å². The number of ether oxygens (including phenoxy) is 1. The highest BCUT2D eigenvalue weighted by Crippen LogP contribution is 2.45. The van der Waals surface area contributed by atoms with Gasteiger partial charge < -0.3 is 9.64 Å². The first-order valence-electron chi connectivity index (χ1n) is 8.57. The van der Waals surface area contributed by atoms with Crippen LogP contribution in [0, 0.1) is 28.1 Å². The van der Waals surface area contributed by atoms with Crippen molar-refractivity contribution in [2.75, 3.05) is 19.3 Å². The van der Waals surface area contributed by atoms with Gasteiger partial charge >= 0.3 is 5.97 Å². The van der Waals surface area contributed by atoms with Crippen LogP contribution in [0.1, 0.15) is 33.1 Å². The third-order valence-electron chi connectivity index (χ3n) is 4.73. The lowest BCUT2D eigenvalue weighted by atomic mass is 9.73. The fourth-order valence-electron chi connectivity index (χ4n) is 3.60. The van der Waals surface area contributed by atoms with Gasteiger partial charge in [0.05, 0.1) is 12.1 Å². The summed E-state index contributed by atoms with van der Waals surface area (Å²) in [6, 6.07) is 3.89. The molecule has 27 heavy (non-hydrogen) atoms. The maximum Gasteiger partial charge on any atom is 0.330 e. The molecule has 1 atom stereocenters. The first-order valence-corrected chi connectivity index (χ1v) is 10.5. The smallest absolute Gasteiger partial charge is 0.330 e. The van der Waals surface area contributed by atoms with Gasteiger partial charge in [-0.15, -0.1) is 0 Å². The highest BCUT2D eigenvalue weighted by molar-refractivity contribution is 7.94. The highest BCUT2D eigenvalue weighted by atomic mass is 32.2. The molecule has 0 saturated carbocycles. The van der Waals surface area contributed by atoms with Crippen molar-refractivity contribution in [1.29, 1.82) is 10.5 Å². The monoisotopic (exact) mass is 389 g/mol. The Kier molecular flexibility index (Phi) is 5.82. The lowest BCUT2D eigenvalue weighted by molar-refractivity contribution is -0.142. The largest absolute Gasteiger partial charge is 0.457 e.